The zero-order chi connectivity index (χ0) is 19.7. The number of aromatic nitrogens is 2. The quantitative estimate of drug-likeness (QED) is 0.322. The van der Waals surface area contributed by atoms with Gasteiger partial charge in [0.05, 0.1) is 18.6 Å². The van der Waals surface area contributed by atoms with E-state index in [-0.39, 0.29) is 5.82 Å². The van der Waals surface area contributed by atoms with Gasteiger partial charge in [-0.05, 0) is 55.0 Å². The lowest BCUT2D eigenvalue weighted by atomic mass is 10.1. The Bertz CT molecular complexity index is 1590. The zero-order valence-electron chi connectivity index (χ0n) is 16.1. The van der Waals surface area contributed by atoms with Crippen molar-refractivity contribution in [3.8, 4) is 5.69 Å². The Morgan fingerprint density at radius 3 is 2.52 bits per heavy atom. The summed E-state index contributed by atoms with van der Waals surface area (Å²) in [5.41, 5.74) is 5.80. The summed E-state index contributed by atoms with van der Waals surface area (Å²) < 4.78 is 24.1. The number of pyridine rings is 1. The number of hydrogen-bond acceptors (Lipinski definition) is 1. The maximum Gasteiger partial charge on any atom is 0.294 e. The number of nitrogens with zero attached hydrogens (tertiary/aromatic N) is 2. The van der Waals surface area contributed by atoms with Crippen LogP contribution in [0.3, 0.4) is 0 Å². The van der Waals surface area contributed by atoms with Crippen LogP contribution in [-0.2, 0) is 7.05 Å². The van der Waals surface area contributed by atoms with Crippen LogP contribution in [0.25, 0.3) is 49.6 Å². The van der Waals surface area contributed by atoms with Gasteiger partial charge in [0.25, 0.3) is 5.65 Å². The van der Waals surface area contributed by atoms with Gasteiger partial charge in [0.1, 0.15) is 28.2 Å². The van der Waals surface area contributed by atoms with Crippen LogP contribution in [0, 0.1) is 12.7 Å². The molecular weight excluding hydrogens is 363 g/mol. The lowest BCUT2D eigenvalue weighted by Crippen LogP contribution is -2.30. The summed E-state index contributed by atoms with van der Waals surface area (Å²) in [7, 11) is 2.07. The third-order valence-corrected chi connectivity index (χ3v) is 5.79. The number of furan rings is 1. The lowest BCUT2D eigenvalue weighted by Gasteiger charge is -2.06. The van der Waals surface area contributed by atoms with Crippen molar-refractivity contribution >= 4 is 43.9 Å². The van der Waals surface area contributed by atoms with E-state index in [1.54, 1.807) is 6.07 Å². The number of aryl methyl sites for hydroxylation is 2. The Hall–Kier alpha value is -3.66. The highest BCUT2D eigenvalue weighted by Crippen LogP contribution is 2.36. The van der Waals surface area contributed by atoms with Gasteiger partial charge in [0.15, 0.2) is 0 Å². The van der Waals surface area contributed by atoms with Crippen molar-refractivity contribution in [2.24, 2.45) is 7.05 Å². The number of halogens is 1. The summed E-state index contributed by atoms with van der Waals surface area (Å²) in [5.74, 6) is -0.289. The molecule has 4 heteroatoms. The Balaban J connectivity index is 1.77. The summed E-state index contributed by atoms with van der Waals surface area (Å²) >= 11 is 0. The number of benzene rings is 3. The summed E-state index contributed by atoms with van der Waals surface area (Å²) in [4.78, 5) is 0. The molecule has 0 saturated carbocycles. The van der Waals surface area contributed by atoms with Crippen LogP contribution < -0.4 is 4.57 Å². The summed E-state index contributed by atoms with van der Waals surface area (Å²) in [5, 5.41) is 4.36. The van der Waals surface area contributed by atoms with Crippen molar-refractivity contribution in [2.75, 3.05) is 0 Å². The molecule has 0 N–H and O–H groups in total. The fourth-order valence-corrected chi connectivity index (χ4v) is 4.48. The van der Waals surface area contributed by atoms with E-state index in [1.807, 2.05) is 0 Å². The van der Waals surface area contributed by atoms with Gasteiger partial charge in [0, 0.05) is 28.3 Å². The molecule has 29 heavy (non-hydrogen) atoms. The van der Waals surface area contributed by atoms with E-state index in [0.29, 0.717) is 5.58 Å². The van der Waals surface area contributed by atoms with Crippen LogP contribution in [-0.4, -0.2) is 4.57 Å². The topological polar surface area (TPSA) is 21.9 Å². The van der Waals surface area contributed by atoms with Crippen LogP contribution in [0.1, 0.15) is 5.56 Å². The third-order valence-electron chi connectivity index (χ3n) is 5.79. The normalized spacial score (nSPS) is 12.0. The highest BCUT2D eigenvalue weighted by molar-refractivity contribution is 6.08. The highest BCUT2D eigenvalue weighted by Gasteiger charge is 2.23. The monoisotopic (exact) mass is 381 g/mol. The van der Waals surface area contributed by atoms with Crippen LogP contribution in [0.2, 0.25) is 0 Å². The molecule has 0 spiro atoms. The minimum Gasteiger partial charge on any atom is -0.456 e. The van der Waals surface area contributed by atoms with Crippen molar-refractivity contribution in [1.29, 1.82) is 0 Å². The van der Waals surface area contributed by atoms with Crippen LogP contribution in [0.15, 0.2) is 77.3 Å². The molecule has 0 aliphatic rings. The van der Waals surface area contributed by atoms with Gasteiger partial charge < -0.3 is 4.42 Å². The summed E-state index contributed by atoms with van der Waals surface area (Å²) in [6, 6.07) is 21.6. The minimum absolute atomic E-state index is 0.289. The first kappa shape index (κ1) is 16.3. The van der Waals surface area contributed by atoms with E-state index in [4.69, 9.17) is 4.42 Å². The Morgan fingerprint density at radius 1 is 0.828 bits per heavy atom. The SMILES string of the molecule is Cc1cc2c(cc1-n1c3ccccc3c3ccc[n+](C)c31)oc1cc(F)ccc12. The average molecular weight is 381 g/mol. The van der Waals surface area contributed by atoms with Crippen molar-refractivity contribution in [3.05, 3.63) is 84.3 Å². The van der Waals surface area contributed by atoms with Crippen molar-refractivity contribution < 1.29 is 13.4 Å². The average Bonchev–Trinajstić information content (AvgIpc) is 3.23. The molecule has 6 aromatic rings. The van der Waals surface area contributed by atoms with E-state index in [2.05, 4.69) is 77.8 Å². The largest absolute Gasteiger partial charge is 0.456 e. The summed E-state index contributed by atoms with van der Waals surface area (Å²) in [6.45, 7) is 2.11. The van der Waals surface area contributed by atoms with Gasteiger partial charge in [0.2, 0.25) is 0 Å². The lowest BCUT2D eigenvalue weighted by molar-refractivity contribution is -0.647. The second-order valence-electron chi connectivity index (χ2n) is 7.59. The Morgan fingerprint density at radius 2 is 1.62 bits per heavy atom. The van der Waals surface area contributed by atoms with Crippen LogP contribution >= 0.6 is 0 Å². The highest BCUT2D eigenvalue weighted by atomic mass is 19.1. The first-order valence-corrected chi connectivity index (χ1v) is 9.62. The molecule has 0 fully saturated rings. The fourth-order valence-electron chi connectivity index (χ4n) is 4.48. The molecule has 3 heterocycles. The Kier molecular flexibility index (Phi) is 3.19. The molecule has 3 aromatic carbocycles. The maximum atomic E-state index is 13.7. The van der Waals surface area contributed by atoms with Crippen LogP contribution in [0.4, 0.5) is 4.39 Å². The van der Waals surface area contributed by atoms with Crippen molar-refractivity contribution in [2.45, 2.75) is 6.92 Å². The molecule has 140 valence electrons. The molecule has 0 aliphatic heterocycles. The number of rotatable bonds is 1. The van der Waals surface area contributed by atoms with Gasteiger partial charge in [-0.3, -0.25) is 0 Å². The Labute approximate surface area is 166 Å². The maximum absolute atomic E-state index is 13.7. The van der Waals surface area contributed by atoms with E-state index in [0.717, 1.165) is 38.8 Å². The molecule has 6 rings (SSSR count). The van der Waals surface area contributed by atoms with Crippen LogP contribution in [0.5, 0.6) is 0 Å². The molecule has 3 nitrogen and oxygen atoms in total. The van der Waals surface area contributed by atoms with E-state index in [1.165, 1.54) is 22.9 Å². The van der Waals surface area contributed by atoms with E-state index < -0.39 is 0 Å². The first-order valence-electron chi connectivity index (χ1n) is 9.62. The standard InChI is InChI=1S/C25H18FN2O/c1-15-12-20-18-10-9-16(26)13-23(18)29-24(20)14-22(15)28-21-8-4-3-6-17(21)19-7-5-11-27(2)25(19)28/h3-14H,1-2H3/q+1. The van der Waals surface area contributed by atoms with Gasteiger partial charge in [-0.25, -0.2) is 8.96 Å². The second kappa shape index (κ2) is 5.67. The fraction of sp³-hybridized carbons (Fsp3) is 0.0800. The van der Waals surface area contributed by atoms with E-state index in [9.17, 15) is 4.39 Å². The predicted octanol–water partition coefficient (Wildman–Crippen LogP) is 5.96. The molecule has 0 radical (unpaired) electrons. The predicted molar refractivity (Wildman–Crippen MR) is 114 cm³/mol. The number of fused-ring (bicyclic) bond motifs is 6. The molecular formula is C25H18FN2O+. The van der Waals surface area contributed by atoms with Gasteiger partial charge in [-0.15, -0.1) is 0 Å². The van der Waals surface area contributed by atoms with Gasteiger partial charge in [-0.1, -0.05) is 12.1 Å². The van der Waals surface area contributed by atoms with Gasteiger partial charge >= 0.3 is 0 Å². The number of para-hydroxylation sites is 1. The molecule has 0 saturated heterocycles. The molecule has 0 aliphatic carbocycles. The molecule has 0 unspecified atom stereocenters. The summed E-state index contributed by atoms with van der Waals surface area (Å²) in [6.07, 6.45) is 2.07. The first-order chi connectivity index (χ1) is 14.1. The second-order valence-corrected chi connectivity index (χ2v) is 7.59. The molecule has 0 atom stereocenters. The van der Waals surface area contributed by atoms with Gasteiger partial charge in [-0.2, -0.15) is 4.57 Å². The molecule has 0 bridgehead atoms. The molecule has 3 aromatic heterocycles. The number of hydrogen-bond donors (Lipinski definition) is 0. The smallest absolute Gasteiger partial charge is 0.294 e. The zero-order valence-corrected chi connectivity index (χ0v) is 16.1. The molecule has 0 amide bonds. The van der Waals surface area contributed by atoms with Crippen molar-refractivity contribution in [3.63, 3.8) is 0 Å². The van der Waals surface area contributed by atoms with Crippen molar-refractivity contribution in [1.82, 2.24) is 4.57 Å². The minimum atomic E-state index is -0.289. The third kappa shape index (κ3) is 2.20. The van der Waals surface area contributed by atoms with E-state index >= 15 is 0 Å².